The molecule has 0 aromatic heterocycles. The van der Waals surface area contributed by atoms with Gasteiger partial charge in [0.1, 0.15) is 12.4 Å². The van der Waals surface area contributed by atoms with Crippen LogP contribution in [0.25, 0.3) is 0 Å². The zero-order valence-electron chi connectivity index (χ0n) is 11.2. The molecule has 0 bridgehead atoms. The van der Waals surface area contributed by atoms with Gasteiger partial charge in [-0.05, 0) is 20.0 Å². The minimum atomic E-state index is -4.44. The Morgan fingerprint density at radius 3 is 2.50 bits per heavy atom. The number of hydrogen-bond acceptors (Lipinski definition) is 2. The second-order valence-corrected chi connectivity index (χ2v) is 4.52. The highest BCUT2D eigenvalue weighted by atomic mass is 19.4. The summed E-state index contributed by atoms with van der Waals surface area (Å²) in [6.45, 7) is 0.226. The molecule has 1 aromatic rings. The SMILES string of the molecule is CC(C(=O)NCC(F)(F)F)N(C)Cc1ccccc1F. The van der Waals surface area contributed by atoms with Crippen molar-refractivity contribution in [2.75, 3.05) is 13.6 Å². The molecule has 112 valence electrons. The first kappa shape index (κ1) is 16.4. The quantitative estimate of drug-likeness (QED) is 0.845. The van der Waals surface area contributed by atoms with Crippen LogP contribution < -0.4 is 5.32 Å². The van der Waals surface area contributed by atoms with E-state index in [0.29, 0.717) is 5.56 Å². The van der Waals surface area contributed by atoms with Crippen molar-refractivity contribution in [2.24, 2.45) is 0 Å². The van der Waals surface area contributed by atoms with E-state index in [1.54, 1.807) is 24.5 Å². The molecule has 0 spiro atoms. The maximum atomic E-state index is 13.4. The second-order valence-electron chi connectivity index (χ2n) is 4.52. The smallest absolute Gasteiger partial charge is 0.346 e. The molecule has 0 saturated heterocycles. The van der Waals surface area contributed by atoms with Gasteiger partial charge in [0.2, 0.25) is 5.91 Å². The third-order valence-corrected chi connectivity index (χ3v) is 2.88. The Labute approximate surface area is 114 Å². The number of carbonyl (C=O) groups excluding carboxylic acids is 1. The molecule has 20 heavy (non-hydrogen) atoms. The molecule has 1 unspecified atom stereocenters. The van der Waals surface area contributed by atoms with Crippen LogP contribution in [-0.4, -0.2) is 36.6 Å². The van der Waals surface area contributed by atoms with Crippen molar-refractivity contribution in [3.63, 3.8) is 0 Å². The summed E-state index contributed by atoms with van der Waals surface area (Å²) in [7, 11) is 1.55. The Balaban J connectivity index is 2.56. The van der Waals surface area contributed by atoms with Crippen LogP contribution in [0.5, 0.6) is 0 Å². The number of likely N-dealkylation sites (N-methyl/N-ethyl adjacent to an activating group) is 1. The molecule has 1 rings (SSSR count). The third kappa shape index (κ3) is 5.16. The zero-order valence-corrected chi connectivity index (χ0v) is 11.2. The lowest BCUT2D eigenvalue weighted by molar-refractivity contribution is -0.141. The molecule has 1 aromatic carbocycles. The molecular formula is C13H16F4N2O. The van der Waals surface area contributed by atoms with Crippen LogP contribution in [0, 0.1) is 5.82 Å². The Morgan fingerprint density at radius 2 is 1.95 bits per heavy atom. The van der Waals surface area contributed by atoms with Gasteiger partial charge in [0.25, 0.3) is 0 Å². The minimum absolute atomic E-state index is 0.132. The molecule has 0 heterocycles. The number of nitrogens with one attached hydrogen (secondary N) is 1. The number of amides is 1. The van der Waals surface area contributed by atoms with Gasteiger partial charge in [-0.15, -0.1) is 0 Å². The van der Waals surface area contributed by atoms with E-state index >= 15 is 0 Å². The van der Waals surface area contributed by atoms with Crippen LogP contribution in [0.15, 0.2) is 24.3 Å². The molecule has 1 atom stereocenters. The van der Waals surface area contributed by atoms with Gasteiger partial charge < -0.3 is 5.32 Å². The monoisotopic (exact) mass is 292 g/mol. The summed E-state index contributed by atoms with van der Waals surface area (Å²) < 4.78 is 49.4. The molecular weight excluding hydrogens is 276 g/mol. The Bertz CT molecular complexity index is 462. The molecule has 7 heteroatoms. The second kappa shape index (κ2) is 6.69. The van der Waals surface area contributed by atoms with Gasteiger partial charge in [0.15, 0.2) is 0 Å². The van der Waals surface area contributed by atoms with Crippen molar-refractivity contribution < 1.29 is 22.4 Å². The van der Waals surface area contributed by atoms with Crippen LogP contribution in [-0.2, 0) is 11.3 Å². The van der Waals surface area contributed by atoms with Gasteiger partial charge in [-0.1, -0.05) is 18.2 Å². The zero-order chi connectivity index (χ0) is 15.3. The van der Waals surface area contributed by atoms with E-state index < -0.39 is 30.5 Å². The first-order chi connectivity index (χ1) is 9.20. The fourth-order valence-electron chi connectivity index (χ4n) is 1.57. The highest BCUT2D eigenvalue weighted by Gasteiger charge is 2.29. The summed E-state index contributed by atoms with van der Waals surface area (Å²) >= 11 is 0. The topological polar surface area (TPSA) is 32.3 Å². The lowest BCUT2D eigenvalue weighted by atomic mass is 10.1. The van der Waals surface area contributed by atoms with Gasteiger partial charge >= 0.3 is 6.18 Å². The summed E-state index contributed by atoms with van der Waals surface area (Å²) in [6, 6.07) is 5.25. The summed E-state index contributed by atoms with van der Waals surface area (Å²) in [5.74, 6) is -1.16. The van der Waals surface area contributed by atoms with Crippen molar-refractivity contribution in [1.29, 1.82) is 0 Å². The average Bonchev–Trinajstić information content (AvgIpc) is 2.36. The highest BCUT2D eigenvalue weighted by Crippen LogP contribution is 2.13. The minimum Gasteiger partial charge on any atom is -0.346 e. The summed E-state index contributed by atoms with van der Waals surface area (Å²) in [6.07, 6.45) is -4.44. The Morgan fingerprint density at radius 1 is 1.35 bits per heavy atom. The number of hydrogen-bond donors (Lipinski definition) is 1. The molecule has 0 saturated carbocycles. The largest absolute Gasteiger partial charge is 0.405 e. The first-order valence-electron chi connectivity index (χ1n) is 5.99. The van der Waals surface area contributed by atoms with E-state index in [2.05, 4.69) is 0 Å². The summed E-state index contributed by atoms with van der Waals surface area (Å²) in [5, 5.41) is 1.80. The molecule has 1 amide bonds. The van der Waals surface area contributed by atoms with Crippen molar-refractivity contribution in [1.82, 2.24) is 10.2 Å². The van der Waals surface area contributed by atoms with Crippen LogP contribution in [0.2, 0.25) is 0 Å². The number of halogens is 4. The predicted molar refractivity (Wildman–Crippen MR) is 66.4 cm³/mol. The molecule has 0 aliphatic heterocycles. The van der Waals surface area contributed by atoms with Crippen molar-refractivity contribution in [3.8, 4) is 0 Å². The molecule has 0 fully saturated rings. The van der Waals surface area contributed by atoms with Gasteiger partial charge in [-0.2, -0.15) is 13.2 Å². The number of carbonyl (C=O) groups is 1. The number of alkyl halides is 3. The van der Waals surface area contributed by atoms with E-state index in [1.807, 2.05) is 0 Å². The highest BCUT2D eigenvalue weighted by molar-refractivity contribution is 5.81. The van der Waals surface area contributed by atoms with E-state index in [9.17, 15) is 22.4 Å². The van der Waals surface area contributed by atoms with Crippen LogP contribution in [0.3, 0.4) is 0 Å². The lowest BCUT2D eigenvalue weighted by Gasteiger charge is -2.24. The van der Waals surface area contributed by atoms with E-state index in [4.69, 9.17) is 0 Å². The fourth-order valence-corrected chi connectivity index (χ4v) is 1.57. The van der Waals surface area contributed by atoms with Crippen molar-refractivity contribution in [3.05, 3.63) is 35.6 Å². The third-order valence-electron chi connectivity index (χ3n) is 2.88. The Kier molecular flexibility index (Phi) is 5.50. The van der Waals surface area contributed by atoms with Crippen LogP contribution in [0.4, 0.5) is 17.6 Å². The van der Waals surface area contributed by atoms with Gasteiger partial charge in [-0.3, -0.25) is 9.69 Å². The van der Waals surface area contributed by atoms with E-state index in [-0.39, 0.29) is 6.54 Å². The summed E-state index contributed by atoms with van der Waals surface area (Å²) in [4.78, 5) is 13.0. The standard InChI is InChI=1S/C13H16F4N2O/c1-9(12(20)18-8-13(15,16)17)19(2)7-10-5-3-4-6-11(10)14/h3-6,9H,7-8H2,1-2H3,(H,18,20). The van der Waals surface area contributed by atoms with Gasteiger partial charge in [0, 0.05) is 12.1 Å². The summed E-state index contributed by atoms with van der Waals surface area (Å²) in [5.41, 5.74) is 0.380. The van der Waals surface area contributed by atoms with E-state index in [0.717, 1.165) is 0 Å². The lowest BCUT2D eigenvalue weighted by Crippen LogP contribution is -2.45. The number of nitrogens with zero attached hydrogens (tertiary/aromatic N) is 1. The van der Waals surface area contributed by atoms with Gasteiger partial charge in [-0.25, -0.2) is 4.39 Å². The van der Waals surface area contributed by atoms with E-state index in [1.165, 1.54) is 24.0 Å². The molecule has 0 aliphatic rings. The maximum Gasteiger partial charge on any atom is 0.405 e. The van der Waals surface area contributed by atoms with Crippen LogP contribution in [0.1, 0.15) is 12.5 Å². The predicted octanol–water partition coefficient (Wildman–Crippen LogP) is 2.32. The Hall–Kier alpha value is -1.63. The van der Waals surface area contributed by atoms with Crippen molar-refractivity contribution >= 4 is 5.91 Å². The van der Waals surface area contributed by atoms with Crippen molar-refractivity contribution in [2.45, 2.75) is 25.7 Å². The van der Waals surface area contributed by atoms with Gasteiger partial charge in [0.05, 0.1) is 6.04 Å². The molecule has 3 nitrogen and oxygen atoms in total. The molecule has 1 N–H and O–H groups in total. The number of benzene rings is 1. The maximum absolute atomic E-state index is 13.4. The number of rotatable bonds is 5. The molecule has 0 radical (unpaired) electrons. The normalized spacial score (nSPS) is 13.3. The first-order valence-corrected chi connectivity index (χ1v) is 5.99. The fraction of sp³-hybridized carbons (Fsp3) is 0.462. The van der Waals surface area contributed by atoms with Crippen LogP contribution >= 0.6 is 0 Å². The average molecular weight is 292 g/mol. The molecule has 0 aliphatic carbocycles.